The molecule has 2 aromatic heterocycles. The number of nitrogens with zero attached hydrogens (tertiary/aromatic N) is 2. The standard InChI is InChI=1S/C14H12N2S2/c1-9-4-3-5-10(6-9)11-7-18-14-12(11)13(17-2)15-8-16-14/h3-8H,1-2H3. The highest BCUT2D eigenvalue weighted by atomic mass is 32.2. The van der Waals surface area contributed by atoms with Crippen LogP contribution in [0.25, 0.3) is 21.3 Å². The van der Waals surface area contributed by atoms with Gasteiger partial charge < -0.3 is 0 Å². The van der Waals surface area contributed by atoms with Gasteiger partial charge >= 0.3 is 0 Å². The van der Waals surface area contributed by atoms with Crippen molar-refractivity contribution >= 4 is 33.3 Å². The van der Waals surface area contributed by atoms with Crippen LogP contribution in [-0.4, -0.2) is 16.2 Å². The van der Waals surface area contributed by atoms with Crippen LogP contribution in [0.4, 0.5) is 0 Å². The van der Waals surface area contributed by atoms with Gasteiger partial charge in [-0.3, -0.25) is 0 Å². The van der Waals surface area contributed by atoms with E-state index in [1.165, 1.54) is 22.1 Å². The third-order valence-electron chi connectivity index (χ3n) is 2.86. The van der Waals surface area contributed by atoms with E-state index in [4.69, 9.17) is 0 Å². The van der Waals surface area contributed by atoms with Crippen LogP contribution in [0.3, 0.4) is 0 Å². The fourth-order valence-electron chi connectivity index (χ4n) is 2.03. The van der Waals surface area contributed by atoms with E-state index in [9.17, 15) is 0 Å². The summed E-state index contributed by atoms with van der Waals surface area (Å²) in [5, 5.41) is 4.41. The predicted molar refractivity (Wildman–Crippen MR) is 79.4 cm³/mol. The number of fused-ring (bicyclic) bond motifs is 1. The summed E-state index contributed by atoms with van der Waals surface area (Å²) in [6.07, 6.45) is 3.70. The summed E-state index contributed by atoms with van der Waals surface area (Å²) < 4.78 is 0. The first kappa shape index (κ1) is 11.7. The van der Waals surface area contributed by atoms with Crippen LogP contribution in [0.2, 0.25) is 0 Å². The Morgan fingerprint density at radius 3 is 2.89 bits per heavy atom. The molecule has 1 aromatic carbocycles. The van der Waals surface area contributed by atoms with Crippen LogP contribution in [0.15, 0.2) is 41.0 Å². The number of hydrogen-bond donors (Lipinski definition) is 0. The average Bonchev–Trinajstić information content (AvgIpc) is 2.82. The van der Waals surface area contributed by atoms with Gasteiger partial charge in [-0.05, 0) is 18.7 Å². The maximum atomic E-state index is 4.36. The third-order valence-corrected chi connectivity index (χ3v) is 4.44. The number of benzene rings is 1. The van der Waals surface area contributed by atoms with Crippen molar-refractivity contribution in [2.24, 2.45) is 0 Å². The summed E-state index contributed by atoms with van der Waals surface area (Å²) in [4.78, 5) is 9.78. The van der Waals surface area contributed by atoms with E-state index in [0.29, 0.717) is 0 Å². The van der Waals surface area contributed by atoms with Crippen LogP contribution in [0.5, 0.6) is 0 Å². The van der Waals surface area contributed by atoms with Crippen molar-refractivity contribution in [1.29, 1.82) is 0 Å². The topological polar surface area (TPSA) is 25.8 Å². The number of thioether (sulfide) groups is 1. The summed E-state index contributed by atoms with van der Waals surface area (Å²) in [5.74, 6) is 0. The minimum Gasteiger partial charge on any atom is -0.229 e. The van der Waals surface area contributed by atoms with Gasteiger partial charge in [0.1, 0.15) is 16.2 Å². The lowest BCUT2D eigenvalue weighted by Crippen LogP contribution is -1.85. The molecule has 3 aromatic rings. The van der Waals surface area contributed by atoms with Gasteiger partial charge in [-0.1, -0.05) is 29.8 Å². The molecule has 0 atom stereocenters. The molecule has 0 unspecified atom stereocenters. The van der Waals surface area contributed by atoms with E-state index >= 15 is 0 Å². The van der Waals surface area contributed by atoms with E-state index in [0.717, 1.165) is 9.86 Å². The lowest BCUT2D eigenvalue weighted by molar-refractivity contribution is 1.11. The maximum absolute atomic E-state index is 4.36. The smallest absolute Gasteiger partial charge is 0.128 e. The lowest BCUT2D eigenvalue weighted by atomic mass is 10.0. The highest BCUT2D eigenvalue weighted by Crippen LogP contribution is 2.37. The zero-order valence-electron chi connectivity index (χ0n) is 10.2. The van der Waals surface area contributed by atoms with Crippen molar-refractivity contribution in [2.75, 3.05) is 6.26 Å². The van der Waals surface area contributed by atoms with E-state index < -0.39 is 0 Å². The molecule has 0 N–H and O–H groups in total. The Morgan fingerprint density at radius 1 is 1.22 bits per heavy atom. The predicted octanol–water partition coefficient (Wildman–Crippen LogP) is 4.39. The molecule has 0 radical (unpaired) electrons. The van der Waals surface area contributed by atoms with Crippen molar-refractivity contribution < 1.29 is 0 Å². The first-order chi connectivity index (χ1) is 8.79. The molecule has 2 nitrogen and oxygen atoms in total. The molecule has 18 heavy (non-hydrogen) atoms. The Hall–Kier alpha value is -1.39. The number of hydrogen-bond acceptors (Lipinski definition) is 4. The van der Waals surface area contributed by atoms with E-state index in [1.54, 1.807) is 29.4 Å². The molecular formula is C14H12N2S2. The van der Waals surface area contributed by atoms with Gasteiger partial charge in [-0.2, -0.15) is 0 Å². The van der Waals surface area contributed by atoms with Crippen molar-refractivity contribution in [1.82, 2.24) is 9.97 Å². The van der Waals surface area contributed by atoms with Crippen LogP contribution < -0.4 is 0 Å². The molecule has 0 saturated heterocycles. The summed E-state index contributed by atoms with van der Waals surface area (Å²) in [7, 11) is 0. The largest absolute Gasteiger partial charge is 0.229 e. The molecule has 4 heteroatoms. The lowest BCUT2D eigenvalue weighted by Gasteiger charge is -2.03. The monoisotopic (exact) mass is 272 g/mol. The zero-order chi connectivity index (χ0) is 12.5. The summed E-state index contributed by atoms with van der Waals surface area (Å²) in [6, 6.07) is 8.56. The van der Waals surface area contributed by atoms with Crippen LogP contribution >= 0.6 is 23.1 Å². The summed E-state index contributed by atoms with van der Waals surface area (Å²) >= 11 is 3.35. The Balaban J connectivity index is 2.30. The maximum Gasteiger partial charge on any atom is 0.128 e. The van der Waals surface area contributed by atoms with Crippen molar-refractivity contribution in [3.63, 3.8) is 0 Å². The minimum absolute atomic E-state index is 1.05. The average molecular weight is 272 g/mol. The molecule has 0 aliphatic carbocycles. The van der Waals surface area contributed by atoms with Crippen molar-refractivity contribution in [2.45, 2.75) is 11.9 Å². The van der Waals surface area contributed by atoms with E-state index in [2.05, 4.69) is 52.8 Å². The van der Waals surface area contributed by atoms with Gasteiger partial charge in [-0.15, -0.1) is 23.1 Å². The highest BCUT2D eigenvalue weighted by Gasteiger charge is 2.12. The number of aromatic nitrogens is 2. The first-order valence-electron chi connectivity index (χ1n) is 5.63. The molecular weight excluding hydrogens is 260 g/mol. The molecule has 2 heterocycles. The highest BCUT2D eigenvalue weighted by molar-refractivity contribution is 7.98. The molecule has 0 fully saturated rings. The molecule has 0 saturated carbocycles. The molecule has 0 aliphatic heterocycles. The van der Waals surface area contributed by atoms with Crippen LogP contribution in [0.1, 0.15) is 5.56 Å². The first-order valence-corrected chi connectivity index (χ1v) is 7.73. The van der Waals surface area contributed by atoms with Crippen molar-refractivity contribution in [3.05, 3.63) is 41.5 Å². The third kappa shape index (κ3) is 1.91. The Morgan fingerprint density at radius 2 is 2.11 bits per heavy atom. The minimum atomic E-state index is 1.05. The molecule has 0 aliphatic rings. The quantitative estimate of drug-likeness (QED) is 0.511. The van der Waals surface area contributed by atoms with Gasteiger partial charge in [0.25, 0.3) is 0 Å². The molecule has 90 valence electrons. The van der Waals surface area contributed by atoms with Gasteiger partial charge in [0.2, 0.25) is 0 Å². The SMILES string of the molecule is CSc1ncnc2scc(-c3cccc(C)c3)c12. The second kappa shape index (κ2) is 4.71. The van der Waals surface area contributed by atoms with Crippen LogP contribution in [0, 0.1) is 6.92 Å². The second-order valence-corrected chi connectivity index (χ2v) is 5.74. The van der Waals surface area contributed by atoms with Gasteiger partial charge in [-0.25, -0.2) is 9.97 Å². The van der Waals surface area contributed by atoms with Crippen LogP contribution in [-0.2, 0) is 0 Å². The Kier molecular flexibility index (Phi) is 3.06. The van der Waals surface area contributed by atoms with E-state index in [1.807, 2.05) is 0 Å². The zero-order valence-corrected chi connectivity index (χ0v) is 11.8. The fraction of sp³-hybridized carbons (Fsp3) is 0.143. The van der Waals surface area contributed by atoms with Crippen molar-refractivity contribution in [3.8, 4) is 11.1 Å². The Labute approximate surface area is 114 Å². The number of rotatable bonds is 2. The number of aryl methyl sites for hydroxylation is 1. The van der Waals surface area contributed by atoms with Gasteiger partial charge in [0, 0.05) is 10.9 Å². The van der Waals surface area contributed by atoms with E-state index in [-0.39, 0.29) is 0 Å². The summed E-state index contributed by atoms with van der Waals surface area (Å²) in [6.45, 7) is 2.12. The second-order valence-electron chi connectivity index (χ2n) is 4.08. The van der Waals surface area contributed by atoms with Gasteiger partial charge in [0.05, 0.1) is 5.39 Å². The molecule has 0 amide bonds. The fourth-order valence-corrected chi connectivity index (χ4v) is 3.57. The molecule has 0 bridgehead atoms. The summed E-state index contributed by atoms with van der Waals surface area (Å²) in [5.41, 5.74) is 3.75. The Bertz CT molecular complexity index is 704. The normalized spacial score (nSPS) is 11.0. The molecule has 3 rings (SSSR count). The number of thiophene rings is 1. The van der Waals surface area contributed by atoms with Gasteiger partial charge in [0.15, 0.2) is 0 Å². The molecule has 0 spiro atoms.